The zero-order valence-corrected chi connectivity index (χ0v) is 11.6. The van der Waals surface area contributed by atoms with Gasteiger partial charge in [-0.05, 0) is 24.5 Å². The molecule has 1 fully saturated rings. The molecule has 1 aromatic heterocycles. The summed E-state index contributed by atoms with van der Waals surface area (Å²) in [6, 6.07) is 4.80. The zero-order chi connectivity index (χ0) is 14.0. The van der Waals surface area contributed by atoms with Crippen molar-refractivity contribution in [2.45, 2.75) is 17.1 Å². The maximum atomic E-state index is 12.3. The molecule has 0 amide bonds. The number of sulfonamides is 1. The van der Waals surface area contributed by atoms with Crippen molar-refractivity contribution in [3.8, 4) is 6.07 Å². The SMILES string of the molecule is N#Cc1ccc(S(=O)(=O)N2CCC(CC(=O)O)C2)s1. The minimum absolute atomic E-state index is 0.0140. The Kier molecular flexibility index (Phi) is 3.89. The first-order chi connectivity index (χ1) is 8.93. The van der Waals surface area contributed by atoms with Gasteiger partial charge < -0.3 is 5.11 Å². The van der Waals surface area contributed by atoms with Crippen molar-refractivity contribution >= 4 is 27.3 Å². The summed E-state index contributed by atoms with van der Waals surface area (Å²) in [6.45, 7) is 0.564. The fourth-order valence-electron chi connectivity index (χ4n) is 2.08. The molecule has 1 aliphatic rings. The maximum absolute atomic E-state index is 12.3. The molecule has 0 aliphatic carbocycles. The van der Waals surface area contributed by atoms with Gasteiger partial charge in [-0.15, -0.1) is 11.3 Å². The summed E-state index contributed by atoms with van der Waals surface area (Å²) in [4.78, 5) is 11.0. The number of nitriles is 1. The van der Waals surface area contributed by atoms with Crippen molar-refractivity contribution < 1.29 is 18.3 Å². The molecular formula is C11H12N2O4S2. The van der Waals surface area contributed by atoms with E-state index in [4.69, 9.17) is 10.4 Å². The van der Waals surface area contributed by atoms with E-state index in [1.807, 2.05) is 6.07 Å². The fraction of sp³-hybridized carbons (Fsp3) is 0.455. The predicted molar refractivity (Wildman–Crippen MR) is 68.2 cm³/mol. The van der Waals surface area contributed by atoms with E-state index in [2.05, 4.69) is 0 Å². The van der Waals surface area contributed by atoms with Crippen molar-refractivity contribution in [1.29, 1.82) is 5.26 Å². The van der Waals surface area contributed by atoms with Gasteiger partial charge >= 0.3 is 5.97 Å². The van der Waals surface area contributed by atoms with E-state index in [1.165, 1.54) is 16.4 Å². The Labute approximate surface area is 114 Å². The maximum Gasteiger partial charge on any atom is 0.303 e. The van der Waals surface area contributed by atoms with E-state index in [-0.39, 0.29) is 23.1 Å². The molecule has 0 bridgehead atoms. The number of carboxylic acid groups (broad SMARTS) is 1. The number of nitrogens with zero attached hydrogens (tertiary/aromatic N) is 2. The van der Waals surface area contributed by atoms with Crippen molar-refractivity contribution in [2.24, 2.45) is 5.92 Å². The molecule has 1 saturated heterocycles. The monoisotopic (exact) mass is 300 g/mol. The highest BCUT2D eigenvalue weighted by Gasteiger charge is 2.34. The summed E-state index contributed by atoms with van der Waals surface area (Å²) < 4.78 is 26.0. The van der Waals surface area contributed by atoms with Gasteiger partial charge in [-0.3, -0.25) is 4.79 Å². The lowest BCUT2D eigenvalue weighted by Crippen LogP contribution is -2.28. The van der Waals surface area contributed by atoms with Crippen LogP contribution in [0.15, 0.2) is 16.3 Å². The quantitative estimate of drug-likeness (QED) is 0.898. The second-order valence-corrected chi connectivity index (χ2v) is 7.59. The summed E-state index contributed by atoms with van der Waals surface area (Å²) in [5, 5.41) is 17.4. The van der Waals surface area contributed by atoms with Gasteiger partial charge in [0.15, 0.2) is 0 Å². The van der Waals surface area contributed by atoms with Crippen LogP contribution in [0.5, 0.6) is 0 Å². The summed E-state index contributed by atoms with van der Waals surface area (Å²) in [7, 11) is -3.59. The first kappa shape index (κ1) is 14.0. The van der Waals surface area contributed by atoms with Crippen LogP contribution >= 0.6 is 11.3 Å². The number of carbonyl (C=O) groups is 1. The highest BCUT2D eigenvalue weighted by Crippen LogP contribution is 2.29. The van der Waals surface area contributed by atoms with Crippen LogP contribution in [0.2, 0.25) is 0 Å². The molecule has 102 valence electrons. The van der Waals surface area contributed by atoms with E-state index in [0.717, 1.165) is 11.3 Å². The summed E-state index contributed by atoms with van der Waals surface area (Å²) in [5.41, 5.74) is 0. The van der Waals surface area contributed by atoms with E-state index in [9.17, 15) is 13.2 Å². The van der Waals surface area contributed by atoms with Crippen molar-refractivity contribution in [2.75, 3.05) is 13.1 Å². The van der Waals surface area contributed by atoms with Crippen molar-refractivity contribution in [1.82, 2.24) is 4.31 Å². The van der Waals surface area contributed by atoms with Crippen LogP contribution in [0.4, 0.5) is 0 Å². The highest BCUT2D eigenvalue weighted by molar-refractivity contribution is 7.91. The summed E-state index contributed by atoms with van der Waals surface area (Å²) >= 11 is 0.935. The minimum atomic E-state index is -3.59. The molecule has 0 saturated carbocycles. The summed E-state index contributed by atoms with van der Waals surface area (Å²) in [6.07, 6.45) is 0.544. The number of thiophene rings is 1. The third-order valence-corrected chi connectivity index (χ3v) is 6.32. The number of aliphatic carboxylic acids is 1. The zero-order valence-electron chi connectivity index (χ0n) is 9.94. The lowest BCUT2D eigenvalue weighted by Gasteiger charge is -2.14. The normalized spacial score (nSPS) is 20.3. The van der Waals surface area contributed by atoms with Gasteiger partial charge in [0.2, 0.25) is 0 Å². The topological polar surface area (TPSA) is 98.5 Å². The van der Waals surface area contributed by atoms with Crippen molar-refractivity contribution in [3.05, 3.63) is 17.0 Å². The van der Waals surface area contributed by atoms with Crippen LogP contribution < -0.4 is 0 Å². The third kappa shape index (κ3) is 2.94. The number of rotatable bonds is 4. The highest BCUT2D eigenvalue weighted by atomic mass is 32.2. The Bertz CT molecular complexity index is 629. The Hall–Kier alpha value is -1.43. The molecule has 2 heterocycles. The van der Waals surface area contributed by atoms with E-state index in [1.54, 1.807) is 0 Å². The molecule has 1 atom stereocenters. The molecule has 1 N–H and O–H groups in total. The minimum Gasteiger partial charge on any atom is -0.481 e. The molecule has 1 aliphatic heterocycles. The second kappa shape index (κ2) is 5.28. The fourth-order valence-corrected chi connectivity index (χ4v) is 4.86. The number of carboxylic acids is 1. The predicted octanol–water partition coefficient (Wildman–Crippen LogP) is 1.11. The van der Waals surface area contributed by atoms with Crippen LogP contribution in [0.25, 0.3) is 0 Å². The Morgan fingerprint density at radius 1 is 1.58 bits per heavy atom. The lowest BCUT2D eigenvalue weighted by atomic mass is 10.1. The first-order valence-electron chi connectivity index (χ1n) is 5.65. The number of hydrogen-bond donors (Lipinski definition) is 1. The van der Waals surface area contributed by atoms with Gasteiger partial charge in [0.05, 0.1) is 0 Å². The smallest absolute Gasteiger partial charge is 0.303 e. The van der Waals surface area contributed by atoms with Crippen LogP contribution in [0.3, 0.4) is 0 Å². The van der Waals surface area contributed by atoms with Crippen LogP contribution in [0, 0.1) is 17.2 Å². The second-order valence-electron chi connectivity index (χ2n) is 4.35. The molecular weight excluding hydrogens is 288 g/mol. The average molecular weight is 300 g/mol. The van der Waals surface area contributed by atoms with E-state index in [0.29, 0.717) is 17.8 Å². The van der Waals surface area contributed by atoms with Gasteiger partial charge in [0.25, 0.3) is 10.0 Å². The molecule has 0 radical (unpaired) electrons. The third-order valence-electron chi connectivity index (χ3n) is 3.00. The Morgan fingerprint density at radius 3 is 2.89 bits per heavy atom. The van der Waals surface area contributed by atoms with E-state index >= 15 is 0 Å². The van der Waals surface area contributed by atoms with Crippen LogP contribution in [-0.2, 0) is 14.8 Å². The van der Waals surface area contributed by atoms with Crippen LogP contribution in [-0.4, -0.2) is 36.9 Å². The molecule has 1 unspecified atom stereocenters. The van der Waals surface area contributed by atoms with Gasteiger partial charge in [-0.2, -0.15) is 9.57 Å². The van der Waals surface area contributed by atoms with Crippen LogP contribution in [0.1, 0.15) is 17.7 Å². The van der Waals surface area contributed by atoms with Gasteiger partial charge in [0, 0.05) is 19.5 Å². The molecule has 19 heavy (non-hydrogen) atoms. The molecule has 8 heteroatoms. The van der Waals surface area contributed by atoms with Gasteiger partial charge in [-0.25, -0.2) is 8.42 Å². The standard InChI is InChI=1S/C11H12N2O4S2/c12-6-9-1-2-11(18-9)19(16,17)13-4-3-8(7-13)5-10(14)15/h1-2,8H,3-5,7H2,(H,14,15). The molecule has 1 aromatic rings. The van der Waals surface area contributed by atoms with E-state index < -0.39 is 16.0 Å². The molecule has 0 spiro atoms. The first-order valence-corrected chi connectivity index (χ1v) is 7.91. The largest absolute Gasteiger partial charge is 0.481 e. The Morgan fingerprint density at radius 2 is 2.32 bits per heavy atom. The molecule has 6 nitrogen and oxygen atoms in total. The van der Waals surface area contributed by atoms with Gasteiger partial charge in [0.1, 0.15) is 15.2 Å². The summed E-state index contributed by atoms with van der Waals surface area (Å²) in [5.74, 6) is -1.05. The molecule has 0 aromatic carbocycles. The van der Waals surface area contributed by atoms with Gasteiger partial charge in [-0.1, -0.05) is 0 Å². The van der Waals surface area contributed by atoms with Crippen molar-refractivity contribution in [3.63, 3.8) is 0 Å². The lowest BCUT2D eigenvalue weighted by molar-refractivity contribution is -0.137. The Balaban J connectivity index is 2.14. The molecule has 2 rings (SSSR count). The number of hydrogen-bond acceptors (Lipinski definition) is 5. The average Bonchev–Trinajstić information content (AvgIpc) is 2.96.